The van der Waals surface area contributed by atoms with Gasteiger partial charge >= 0.3 is 0 Å². The molecule has 2 aromatic rings. The van der Waals surface area contributed by atoms with Gasteiger partial charge in [0.2, 0.25) is 0 Å². The highest BCUT2D eigenvalue weighted by Crippen LogP contribution is 2.25. The maximum absolute atomic E-state index is 6.26. The first kappa shape index (κ1) is 14.4. The molecule has 0 spiro atoms. The van der Waals surface area contributed by atoms with Crippen LogP contribution in [0.3, 0.4) is 0 Å². The molecule has 1 aromatic carbocycles. The molecule has 4 nitrogen and oxygen atoms in total. The van der Waals surface area contributed by atoms with E-state index in [0.29, 0.717) is 11.6 Å². The van der Waals surface area contributed by atoms with Gasteiger partial charge in [0.15, 0.2) is 0 Å². The number of nitrogens with zero attached hydrogens (tertiary/aromatic N) is 3. The number of nitrogens with one attached hydrogen (secondary N) is 1. The zero-order valence-corrected chi connectivity index (χ0v) is 13.2. The first-order valence-corrected chi connectivity index (χ1v) is 7.68. The molecule has 1 heterocycles. The highest BCUT2D eigenvalue weighted by molar-refractivity contribution is 8.01. The van der Waals surface area contributed by atoms with Crippen molar-refractivity contribution in [2.24, 2.45) is 4.99 Å². The minimum Gasteiger partial charge on any atom is -0.366 e. The number of fused-ring (bicyclic) bond motifs is 1. The van der Waals surface area contributed by atoms with Crippen LogP contribution in [0.25, 0.3) is 10.9 Å². The minimum absolute atomic E-state index is 0.593. The van der Waals surface area contributed by atoms with Crippen molar-refractivity contribution in [1.29, 1.82) is 0 Å². The smallest absolute Gasteiger partial charge is 0.131 e. The number of thioether (sulfide) groups is 1. The van der Waals surface area contributed by atoms with Gasteiger partial charge in [0.05, 0.1) is 11.7 Å². The van der Waals surface area contributed by atoms with E-state index < -0.39 is 0 Å². The molecule has 0 radical (unpaired) electrons. The first-order valence-electron chi connectivity index (χ1n) is 5.50. The van der Waals surface area contributed by atoms with E-state index in [1.165, 1.54) is 0 Å². The van der Waals surface area contributed by atoms with Crippen LogP contribution in [0.15, 0.2) is 34.6 Å². The lowest BCUT2D eigenvalue weighted by atomic mass is 10.1. The van der Waals surface area contributed by atoms with E-state index in [1.807, 2.05) is 23.8 Å². The number of rotatable bonds is 5. The molecule has 0 saturated heterocycles. The number of aromatic nitrogens is 2. The van der Waals surface area contributed by atoms with Crippen LogP contribution in [-0.4, -0.2) is 22.5 Å². The first-order chi connectivity index (χ1) is 9.15. The summed E-state index contributed by atoms with van der Waals surface area (Å²) in [5.74, 6) is 0.739. The third kappa shape index (κ3) is 3.30. The summed E-state index contributed by atoms with van der Waals surface area (Å²) in [7, 11) is 2.55. The molecule has 1 atom stereocenters. The van der Waals surface area contributed by atoms with Crippen LogP contribution in [0.4, 0.5) is 0 Å². The average Bonchev–Trinajstić information content (AvgIpc) is 2.75. The van der Waals surface area contributed by atoms with Crippen LogP contribution in [0.5, 0.6) is 0 Å². The van der Waals surface area contributed by atoms with Crippen molar-refractivity contribution in [3.8, 4) is 0 Å². The van der Waals surface area contributed by atoms with Gasteiger partial charge in [-0.05, 0) is 40.1 Å². The monoisotopic (exact) mass is 312 g/mol. The summed E-state index contributed by atoms with van der Waals surface area (Å²) in [4.78, 5) is 3.91. The van der Waals surface area contributed by atoms with Crippen molar-refractivity contribution in [3.05, 3.63) is 40.1 Å². The van der Waals surface area contributed by atoms with Crippen LogP contribution in [0, 0.1) is 0 Å². The Labute approximate surface area is 123 Å². The third-order valence-corrected chi connectivity index (χ3v) is 3.85. The van der Waals surface area contributed by atoms with Crippen LogP contribution in [0.2, 0.25) is 5.02 Å². The lowest BCUT2D eigenvalue weighted by Gasteiger charge is -2.08. The Morgan fingerprint density at radius 2 is 2.47 bits per heavy atom. The van der Waals surface area contributed by atoms with E-state index >= 15 is 0 Å². The van der Waals surface area contributed by atoms with Crippen LogP contribution in [0.1, 0.15) is 5.56 Å². The fraction of sp³-hybridized carbons (Fsp3) is 0.167. The van der Waals surface area contributed by atoms with Gasteiger partial charge in [0, 0.05) is 22.4 Å². The number of hydrogen-bond donors (Lipinski definition) is 1. The van der Waals surface area contributed by atoms with Crippen molar-refractivity contribution in [1.82, 2.24) is 14.9 Å². The number of halogens is 1. The van der Waals surface area contributed by atoms with E-state index in [0.717, 1.165) is 22.3 Å². The molecule has 0 saturated carbocycles. The van der Waals surface area contributed by atoms with Crippen molar-refractivity contribution in [3.63, 3.8) is 0 Å². The molecular weight excluding hydrogens is 299 g/mol. The molecule has 19 heavy (non-hydrogen) atoms. The summed E-state index contributed by atoms with van der Waals surface area (Å²) in [6, 6.07) is 3.94. The molecule has 0 amide bonds. The Morgan fingerprint density at radius 1 is 1.68 bits per heavy atom. The quantitative estimate of drug-likeness (QED) is 0.680. The molecule has 0 aliphatic rings. The molecule has 0 fully saturated rings. The largest absolute Gasteiger partial charge is 0.366 e. The van der Waals surface area contributed by atoms with Crippen molar-refractivity contribution in [2.45, 2.75) is 6.54 Å². The SMILES string of the molecule is C=N/C(=C\SC)NCc1cc2c(cnn2P)cc1Cl. The lowest BCUT2D eigenvalue weighted by Crippen LogP contribution is -2.11. The molecule has 0 bridgehead atoms. The van der Waals surface area contributed by atoms with Crippen LogP contribution >= 0.6 is 32.8 Å². The summed E-state index contributed by atoms with van der Waals surface area (Å²) in [5, 5.41) is 11.0. The number of benzene rings is 1. The maximum Gasteiger partial charge on any atom is 0.131 e. The molecule has 7 heteroatoms. The Morgan fingerprint density at radius 3 is 3.16 bits per heavy atom. The molecule has 0 aliphatic carbocycles. The van der Waals surface area contributed by atoms with Gasteiger partial charge in [0.1, 0.15) is 5.82 Å². The zero-order valence-electron chi connectivity index (χ0n) is 10.4. The summed E-state index contributed by atoms with van der Waals surface area (Å²) >= 11 is 7.83. The van der Waals surface area contributed by atoms with Gasteiger partial charge in [-0.3, -0.25) is 4.45 Å². The van der Waals surface area contributed by atoms with Crippen LogP contribution < -0.4 is 5.32 Å². The van der Waals surface area contributed by atoms with Gasteiger partial charge in [-0.2, -0.15) is 5.10 Å². The molecule has 100 valence electrons. The molecule has 1 aromatic heterocycles. The predicted octanol–water partition coefficient (Wildman–Crippen LogP) is 3.28. The summed E-state index contributed by atoms with van der Waals surface area (Å²) in [6.45, 7) is 4.12. The van der Waals surface area contributed by atoms with Crippen molar-refractivity contribution in [2.75, 3.05) is 6.26 Å². The van der Waals surface area contributed by atoms with Gasteiger partial charge in [-0.1, -0.05) is 11.6 Å². The molecule has 0 aliphatic heterocycles. The van der Waals surface area contributed by atoms with E-state index in [-0.39, 0.29) is 0 Å². The number of hydrogen-bond acceptors (Lipinski definition) is 4. The second-order valence-corrected chi connectivity index (χ2v) is 5.45. The molecule has 2 rings (SSSR count). The summed E-state index contributed by atoms with van der Waals surface area (Å²) in [6.07, 6.45) is 3.76. The van der Waals surface area contributed by atoms with E-state index in [4.69, 9.17) is 11.6 Å². The Hall–Kier alpha value is -1.03. The van der Waals surface area contributed by atoms with Crippen molar-refractivity contribution >= 4 is 50.4 Å². The third-order valence-electron chi connectivity index (χ3n) is 2.62. The van der Waals surface area contributed by atoms with E-state index in [1.54, 1.807) is 22.4 Å². The average molecular weight is 313 g/mol. The predicted molar refractivity (Wildman–Crippen MR) is 87.8 cm³/mol. The fourth-order valence-corrected chi connectivity index (χ4v) is 2.59. The number of aliphatic imine (C=N–C) groups is 1. The van der Waals surface area contributed by atoms with E-state index in [2.05, 4.69) is 31.5 Å². The Kier molecular flexibility index (Phi) is 4.86. The Bertz CT molecular complexity index is 638. The highest BCUT2D eigenvalue weighted by atomic mass is 35.5. The molecule has 1 unspecified atom stereocenters. The molecular formula is C12H14ClN4PS. The fourth-order valence-electron chi connectivity index (χ4n) is 1.68. The van der Waals surface area contributed by atoms with Crippen LogP contribution in [-0.2, 0) is 6.54 Å². The maximum atomic E-state index is 6.26. The molecule has 1 N–H and O–H groups in total. The van der Waals surface area contributed by atoms with E-state index in [9.17, 15) is 0 Å². The lowest BCUT2D eigenvalue weighted by molar-refractivity contribution is 0.806. The van der Waals surface area contributed by atoms with Gasteiger partial charge in [-0.15, -0.1) is 11.8 Å². The van der Waals surface area contributed by atoms with Gasteiger partial charge < -0.3 is 5.32 Å². The zero-order chi connectivity index (χ0) is 13.8. The Balaban J connectivity index is 2.24. The summed E-state index contributed by atoms with van der Waals surface area (Å²) < 4.78 is 1.75. The second-order valence-electron chi connectivity index (χ2n) is 3.84. The normalized spacial score (nSPS) is 11.8. The van der Waals surface area contributed by atoms with Gasteiger partial charge in [-0.25, -0.2) is 4.99 Å². The highest BCUT2D eigenvalue weighted by Gasteiger charge is 2.06. The topological polar surface area (TPSA) is 42.2 Å². The second kappa shape index (κ2) is 6.42. The van der Waals surface area contributed by atoms with Gasteiger partial charge in [0.25, 0.3) is 0 Å². The minimum atomic E-state index is 0.593. The van der Waals surface area contributed by atoms with Crippen molar-refractivity contribution < 1.29 is 0 Å². The standard InChI is InChI=1S/C12H14ClN4PS/c1-14-12(7-19-2)15-5-8-4-11-9(3-10(8)13)6-16-17(11)18/h3-4,6-7,15H,1,5,18H2,2H3/b12-7+. The summed E-state index contributed by atoms with van der Waals surface area (Å²) in [5.41, 5.74) is 2.02.